The van der Waals surface area contributed by atoms with E-state index in [1.165, 1.54) is 25.3 Å². The number of benzene rings is 1. The first kappa shape index (κ1) is 25.5. The zero-order valence-corrected chi connectivity index (χ0v) is 19.8. The van der Waals surface area contributed by atoms with Crippen molar-refractivity contribution in [1.29, 1.82) is 0 Å². The van der Waals surface area contributed by atoms with Gasteiger partial charge >= 0.3 is 149 Å². The second kappa shape index (κ2) is 11.4. The van der Waals surface area contributed by atoms with Crippen molar-refractivity contribution >= 4 is 13.3 Å². The molecule has 1 aromatic rings. The molecule has 136 valence electrons. The Hall–Kier alpha value is 0.501. The van der Waals surface area contributed by atoms with Crippen LogP contribution in [0.4, 0.5) is 0 Å². The number of rotatable bonds is 5. The Balaban J connectivity index is 0.00000192. The summed E-state index contributed by atoms with van der Waals surface area (Å²) < 4.78 is 0.833. The maximum absolute atomic E-state index is 2.67. The van der Waals surface area contributed by atoms with Crippen LogP contribution in [0.25, 0.3) is 0 Å². The predicted molar refractivity (Wildman–Crippen MR) is 94.8 cm³/mol. The van der Waals surface area contributed by atoms with Crippen LogP contribution < -0.4 is 42.4 Å². The first-order chi connectivity index (χ1) is 10.7. The molecule has 0 amide bonds. The molecule has 2 aliphatic rings. The largest absolute Gasteiger partial charge is 1.00 e. The van der Waals surface area contributed by atoms with Crippen LogP contribution in [0.2, 0.25) is 22.4 Å². The Bertz CT molecular complexity index is 563. The number of allylic oxidation sites excluding steroid dienone is 4. The van der Waals surface area contributed by atoms with Gasteiger partial charge in [-0.2, -0.15) is 0 Å². The summed E-state index contributed by atoms with van der Waals surface area (Å²) in [5, 5.41) is 1.69. The van der Waals surface area contributed by atoms with Crippen LogP contribution in [0.1, 0.15) is 26.2 Å². The first-order valence-electron chi connectivity index (χ1n) is 8.78. The summed E-state index contributed by atoms with van der Waals surface area (Å²) in [6.07, 6.45) is 13.6. The average molecular weight is 450 g/mol. The molecule has 5 unspecified atom stereocenters. The molecule has 0 saturated heterocycles. The molecule has 0 nitrogen and oxygen atoms in total. The van der Waals surface area contributed by atoms with Crippen LogP contribution >= 0.6 is 0 Å². The van der Waals surface area contributed by atoms with Gasteiger partial charge in [0.1, 0.15) is 0 Å². The molecule has 5 atom stereocenters. The van der Waals surface area contributed by atoms with Crippen LogP contribution in [0.15, 0.2) is 54.6 Å². The van der Waals surface area contributed by atoms with Crippen LogP contribution in [-0.2, 0) is 20.4 Å². The van der Waals surface area contributed by atoms with Crippen molar-refractivity contribution in [3.8, 4) is 0 Å². The van der Waals surface area contributed by atoms with E-state index in [4.69, 9.17) is 0 Å². The van der Waals surface area contributed by atoms with Crippen molar-refractivity contribution in [3.05, 3.63) is 54.6 Å². The van der Waals surface area contributed by atoms with Crippen LogP contribution in [0.5, 0.6) is 0 Å². The molecule has 0 spiro atoms. The molecule has 25 heavy (non-hydrogen) atoms. The van der Waals surface area contributed by atoms with Crippen molar-refractivity contribution in [2.75, 3.05) is 0 Å². The van der Waals surface area contributed by atoms with Gasteiger partial charge in [-0.1, -0.05) is 0 Å². The first-order valence-corrected chi connectivity index (χ1v) is 12.5. The molecular formula is C20H27Cl3SiTi. The zero-order valence-electron chi connectivity index (χ0n) is 15.0. The third-order valence-corrected chi connectivity index (χ3v) is 13.0. The minimum Gasteiger partial charge on any atom is -1.00 e. The van der Waals surface area contributed by atoms with Crippen molar-refractivity contribution in [2.24, 2.45) is 11.8 Å². The minimum atomic E-state index is -1.43. The molecule has 0 radical (unpaired) electrons. The topological polar surface area (TPSA) is 0 Å². The molecule has 0 bridgehead atoms. The summed E-state index contributed by atoms with van der Waals surface area (Å²) in [4.78, 5) is 0. The van der Waals surface area contributed by atoms with Crippen LogP contribution in [0.3, 0.4) is 0 Å². The zero-order chi connectivity index (χ0) is 15.6. The molecule has 1 fully saturated rings. The fourth-order valence-corrected chi connectivity index (χ4v) is 12.0. The van der Waals surface area contributed by atoms with Gasteiger partial charge in [0.15, 0.2) is 0 Å². The third kappa shape index (κ3) is 5.27. The van der Waals surface area contributed by atoms with Gasteiger partial charge in [-0.25, -0.2) is 0 Å². The van der Waals surface area contributed by atoms with E-state index in [1.807, 2.05) is 0 Å². The summed E-state index contributed by atoms with van der Waals surface area (Å²) in [5.41, 5.74) is 0.920. The number of hydrogen-bond acceptors (Lipinski definition) is 0. The molecule has 0 heterocycles. The van der Waals surface area contributed by atoms with E-state index in [9.17, 15) is 0 Å². The van der Waals surface area contributed by atoms with Crippen molar-refractivity contribution < 1.29 is 57.7 Å². The Morgan fingerprint density at radius 3 is 2.28 bits per heavy atom. The number of halogens is 3. The van der Waals surface area contributed by atoms with Gasteiger partial charge in [-0.15, -0.1) is 0 Å². The van der Waals surface area contributed by atoms with Gasteiger partial charge in [0.05, 0.1) is 0 Å². The fourth-order valence-electron chi connectivity index (χ4n) is 4.56. The summed E-state index contributed by atoms with van der Waals surface area (Å²) in [6.45, 7) is 5.01. The van der Waals surface area contributed by atoms with Gasteiger partial charge in [0.2, 0.25) is 0 Å². The Labute approximate surface area is 185 Å². The number of fused-ring (bicyclic) bond motifs is 1. The van der Waals surface area contributed by atoms with Gasteiger partial charge < -0.3 is 37.2 Å². The monoisotopic (exact) mass is 448 g/mol. The second-order valence-electron chi connectivity index (χ2n) is 7.27. The van der Waals surface area contributed by atoms with Gasteiger partial charge in [-0.05, 0) is 0 Å². The molecule has 5 heteroatoms. The number of unbranched alkanes of at least 4 members (excludes halogenated alkanes) is 1. The molecule has 3 rings (SSSR count). The number of hydrogen-bond donors (Lipinski definition) is 0. The summed E-state index contributed by atoms with van der Waals surface area (Å²) >= 11 is 2.53. The Kier molecular flexibility index (Phi) is 11.6. The molecule has 0 N–H and O–H groups in total. The Morgan fingerprint density at radius 2 is 1.68 bits per heavy atom. The average Bonchev–Trinajstić information content (AvgIpc) is 2.91. The normalized spacial score (nSPS) is 28.8. The summed E-state index contributed by atoms with van der Waals surface area (Å²) in [6, 6.07) is 13.0. The standard InChI is InChI=1S/C20H27Si.3ClH.Ti/c1-3-4-14-21(2,19-12-6-5-7-13-19)20-15-17-10-8-9-11-18(17)16-20;;;;/h5-13,15,17-18,20H,3-4,14,16H2,1-2H3;3*1H;/q;;;;+3/p-3. The summed E-state index contributed by atoms with van der Waals surface area (Å²) in [7, 11) is -1.43. The van der Waals surface area contributed by atoms with Crippen LogP contribution in [-0.4, -0.2) is 8.07 Å². The van der Waals surface area contributed by atoms with E-state index < -0.39 is 8.07 Å². The van der Waals surface area contributed by atoms with E-state index in [0.717, 1.165) is 21.6 Å². The molecule has 2 aliphatic carbocycles. The molecule has 0 aliphatic heterocycles. The molecule has 1 saturated carbocycles. The van der Waals surface area contributed by atoms with Gasteiger partial charge in [-0.3, -0.25) is 0 Å². The summed E-state index contributed by atoms with van der Waals surface area (Å²) in [5.74, 6) is 1.58. The van der Waals surface area contributed by atoms with E-state index in [-0.39, 0.29) is 37.2 Å². The van der Waals surface area contributed by atoms with E-state index in [1.54, 1.807) is 5.19 Å². The SMILES string of the molecule is CCCC[Si](C)(c1ccccc1)C1CC2C=CC=CC2[CH]1[Ti+3].[Cl-].[Cl-].[Cl-]. The van der Waals surface area contributed by atoms with Crippen molar-refractivity contribution in [2.45, 2.75) is 48.5 Å². The maximum Gasteiger partial charge on any atom is -1.00 e. The van der Waals surface area contributed by atoms with E-state index in [0.29, 0.717) is 0 Å². The third-order valence-electron chi connectivity index (χ3n) is 5.97. The second-order valence-corrected chi connectivity index (χ2v) is 13.0. The van der Waals surface area contributed by atoms with Crippen molar-refractivity contribution in [3.63, 3.8) is 0 Å². The smallest absolute Gasteiger partial charge is 1.00 e. The molecular weight excluding hydrogens is 423 g/mol. The van der Waals surface area contributed by atoms with E-state index >= 15 is 0 Å². The van der Waals surface area contributed by atoms with Crippen LogP contribution in [0, 0.1) is 11.8 Å². The Morgan fingerprint density at radius 1 is 1.04 bits per heavy atom. The minimum absolute atomic E-state index is 0. The molecule has 0 aromatic heterocycles. The van der Waals surface area contributed by atoms with Gasteiger partial charge in [0.25, 0.3) is 0 Å². The van der Waals surface area contributed by atoms with E-state index in [2.05, 4.69) is 88.5 Å². The predicted octanol–water partition coefficient (Wildman–Crippen LogP) is -3.75. The van der Waals surface area contributed by atoms with Gasteiger partial charge in [0, 0.05) is 0 Å². The quantitative estimate of drug-likeness (QED) is 0.406. The molecule has 1 aromatic carbocycles. The fraction of sp³-hybridized carbons (Fsp3) is 0.500. The van der Waals surface area contributed by atoms with Crippen molar-refractivity contribution in [1.82, 2.24) is 0 Å². The maximum atomic E-state index is 2.67.